The molecule has 0 heterocycles. The van der Waals surface area contributed by atoms with Crippen LogP contribution in [0.25, 0.3) is 0 Å². The summed E-state index contributed by atoms with van der Waals surface area (Å²) in [6.45, 7) is 0.447. The van der Waals surface area contributed by atoms with Gasteiger partial charge in [0.2, 0.25) is 0 Å². The van der Waals surface area contributed by atoms with Gasteiger partial charge in [-0.2, -0.15) is 24.4 Å². The van der Waals surface area contributed by atoms with Gasteiger partial charge in [-0.25, -0.2) is 4.79 Å². The van der Waals surface area contributed by atoms with Crippen molar-refractivity contribution in [1.29, 1.82) is 0 Å². The molecule has 0 bridgehead atoms. The molecule has 0 radical (unpaired) electrons. The highest BCUT2D eigenvalue weighted by atomic mass is 32.2. The fourth-order valence-corrected chi connectivity index (χ4v) is 2.68. The minimum atomic E-state index is -1.03. The summed E-state index contributed by atoms with van der Waals surface area (Å²) < 4.78 is 5.68. The first-order valence-electron chi connectivity index (χ1n) is 8.10. The fourth-order valence-electron chi connectivity index (χ4n) is 2.06. The Labute approximate surface area is 158 Å². The summed E-state index contributed by atoms with van der Waals surface area (Å²) in [5.74, 6) is 0.455. The van der Waals surface area contributed by atoms with Gasteiger partial charge in [-0.15, -0.1) is 0 Å². The number of hydrogen-bond acceptors (Lipinski definition) is 5. The standard InChI is InChI=1S/C18H25NO4S2/c1-25-13-10-15(18(21)22)19-17(20)14-8-4-5-9-16(14)23-11-6-2-3-7-12-24/h2-5,8-9,15,24H,6-7,10-13H2,1H3,(H,19,20)(H,21,22)/b3-2+. The third-order valence-electron chi connectivity index (χ3n) is 3.35. The molecular weight excluding hydrogens is 358 g/mol. The molecule has 2 N–H and O–H groups in total. The van der Waals surface area contributed by atoms with Gasteiger partial charge in [0.15, 0.2) is 0 Å². The lowest BCUT2D eigenvalue weighted by Crippen LogP contribution is -2.41. The molecule has 0 aliphatic rings. The molecule has 25 heavy (non-hydrogen) atoms. The van der Waals surface area contributed by atoms with Crippen LogP contribution in [0.5, 0.6) is 5.75 Å². The second-order valence-electron chi connectivity index (χ2n) is 5.26. The third kappa shape index (κ3) is 8.36. The van der Waals surface area contributed by atoms with Crippen molar-refractivity contribution >= 4 is 36.3 Å². The lowest BCUT2D eigenvalue weighted by atomic mass is 10.1. The van der Waals surface area contributed by atoms with Gasteiger partial charge >= 0.3 is 5.97 Å². The predicted molar refractivity (Wildman–Crippen MR) is 106 cm³/mol. The van der Waals surface area contributed by atoms with E-state index in [1.807, 2.05) is 18.4 Å². The van der Waals surface area contributed by atoms with Crippen LogP contribution in [0, 0.1) is 0 Å². The molecule has 0 spiro atoms. The largest absolute Gasteiger partial charge is 0.492 e. The Hall–Kier alpha value is -1.60. The first-order valence-corrected chi connectivity index (χ1v) is 10.1. The number of hydrogen-bond donors (Lipinski definition) is 3. The van der Waals surface area contributed by atoms with Crippen molar-refractivity contribution in [2.45, 2.75) is 25.3 Å². The zero-order valence-corrected chi connectivity index (χ0v) is 16.0. The van der Waals surface area contributed by atoms with Crippen LogP contribution in [-0.4, -0.2) is 47.4 Å². The summed E-state index contributed by atoms with van der Waals surface area (Å²) in [5.41, 5.74) is 0.345. The van der Waals surface area contributed by atoms with E-state index in [-0.39, 0.29) is 0 Å². The molecule has 1 aromatic rings. The van der Waals surface area contributed by atoms with Crippen LogP contribution in [0.1, 0.15) is 29.6 Å². The number of allylic oxidation sites excluding steroid dienone is 1. The number of carbonyl (C=O) groups excluding carboxylic acids is 1. The van der Waals surface area contributed by atoms with E-state index in [2.05, 4.69) is 17.9 Å². The number of thioether (sulfide) groups is 1. The summed E-state index contributed by atoms with van der Waals surface area (Å²) in [4.78, 5) is 23.7. The van der Waals surface area contributed by atoms with Crippen LogP contribution in [0.2, 0.25) is 0 Å². The first kappa shape index (κ1) is 21.4. The Bertz CT molecular complexity index is 578. The number of carboxylic acid groups (broad SMARTS) is 1. The molecule has 0 aromatic heterocycles. The van der Waals surface area contributed by atoms with Crippen LogP contribution in [0.15, 0.2) is 36.4 Å². The summed E-state index contributed by atoms with van der Waals surface area (Å²) in [6.07, 6.45) is 7.97. The second kappa shape index (κ2) is 12.7. The van der Waals surface area contributed by atoms with E-state index in [0.717, 1.165) is 18.6 Å². The number of amides is 1. The number of nitrogens with one attached hydrogen (secondary N) is 1. The normalized spacial score (nSPS) is 12.1. The molecule has 0 saturated carbocycles. The van der Waals surface area contributed by atoms with Gasteiger partial charge in [0.05, 0.1) is 12.2 Å². The van der Waals surface area contributed by atoms with Crippen LogP contribution >= 0.6 is 24.4 Å². The van der Waals surface area contributed by atoms with Crippen molar-refractivity contribution in [2.75, 3.05) is 24.4 Å². The van der Waals surface area contributed by atoms with E-state index in [0.29, 0.717) is 30.1 Å². The Morgan fingerprint density at radius 1 is 1.32 bits per heavy atom. The van der Waals surface area contributed by atoms with Crippen LogP contribution in [0.3, 0.4) is 0 Å². The molecule has 5 nitrogen and oxygen atoms in total. The van der Waals surface area contributed by atoms with Crippen molar-refractivity contribution < 1.29 is 19.4 Å². The summed E-state index contributed by atoms with van der Waals surface area (Å²) in [5, 5.41) is 11.8. The molecule has 0 aliphatic carbocycles. The molecule has 0 fully saturated rings. The highest BCUT2D eigenvalue weighted by Crippen LogP contribution is 2.18. The smallest absolute Gasteiger partial charge is 0.326 e. The van der Waals surface area contributed by atoms with Crippen LogP contribution in [-0.2, 0) is 4.79 Å². The van der Waals surface area contributed by atoms with Gasteiger partial charge in [0, 0.05) is 0 Å². The van der Waals surface area contributed by atoms with Gasteiger partial charge in [-0.05, 0) is 49.2 Å². The maximum atomic E-state index is 12.4. The number of aliphatic carboxylic acids is 1. The molecule has 7 heteroatoms. The first-order chi connectivity index (χ1) is 12.1. The number of carbonyl (C=O) groups is 2. The number of carboxylic acids is 1. The maximum absolute atomic E-state index is 12.4. The summed E-state index contributed by atoms with van der Waals surface area (Å²) >= 11 is 5.67. The van der Waals surface area contributed by atoms with E-state index >= 15 is 0 Å². The number of rotatable bonds is 12. The average Bonchev–Trinajstić information content (AvgIpc) is 2.61. The van der Waals surface area contributed by atoms with Gasteiger partial charge in [-0.1, -0.05) is 24.3 Å². The molecule has 1 atom stereocenters. The third-order valence-corrected chi connectivity index (χ3v) is 4.25. The molecule has 1 unspecified atom stereocenters. The second-order valence-corrected chi connectivity index (χ2v) is 6.70. The van der Waals surface area contributed by atoms with Crippen molar-refractivity contribution in [2.24, 2.45) is 0 Å². The highest BCUT2D eigenvalue weighted by Gasteiger charge is 2.21. The molecule has 0 saturated heterocycles. The van der Waals surface area contributed by atoms with E-state index in [1.165, 1.54) is 0 Å². The average molecular weight is 384 g/mol. The summed E-state index contributed by atoms with van der Waals surface area (Å²) in [6, 6.07) is 5.95. The molecular formula is C18H25NO4S2. The van der Waals surface area contributed by atoms with Crippen LogP contribution in [0.4, 0.5) is 0 Å². The predicted octanol–water partition coefficient (Wildman–Crippen LogP) is 3.27. The van der Waals surface area contributed by atoms with Crippen molar-refractivity contribution in [1.82, 2.24) is 5.32 Å². The van der Waals surface area contributed by atoms with E-state index < -0.39 is 17.9 Å². The fraction of sp³-hybridized carbons (Fsp3) is 0.444. The minimum Gasteiger partial charge on any atom is -0.492 e. The van der Waals surface area contributed by atoms with E-state index in [4.69, 9.17) is 4.74 Å². The topological polar surface area (TPSA) is 75.6 Å². The lowest BCUT2D eigenvalue weighted by Gasteiger charge is -2.16. The highest BCUT2D eigenvalue weighted by molar-refractivity contribution is 7.98. The van der Waals surface area contributed by atoms with Gasteiger partial charge in [0.25, 0.3) is 5.91 Å². The van der Waals surface area contributed by atoms with Gasteiger partial charge in [0.1, 0.15) is 11.8 Å². The summed E-state index contributed by atoms with van der Waals surface area (Å²) in [7, 11) is 0. The zero-order valence-electron chi connectivity index (χ0n) is 14.3. The van der Waals surface area contributed by atoms with E-state index in [1.54, 1.807) is 36.0 Å². The quantitative estimate of drug-likeness (QED) is 0.293. The van der Waals surface area contributed by atoms with Gasteiger partial charge < -0.3 is 15.2 Å². The molecule has 1 aromatic carbocycles. The number of ether oxygens (including phenoxy) is 1. The Morgan fingerprint density at radius 2 is 2.04 bits per heavy atom. The Kier molecular flexibility index (Phi) is 10.9. The van der Waals surface area contributed by atoms with Crippen molar-refractivity contribution in [3.63, 3.8) is 0 Å². The molecule has 0 aliphatic heterocycles. The maximum Gasteiger partial charge on any atom is 0.326 e. The molecule has 1 amide bonds. The van der Waals surface area contributed by atoms with Crippen LogP contribution < -0.4 is 10.1 Å². The van der Waals surface area contributed by atoms with E-state index in [9.17, 15) is 14.7 Å². The number of thiol groups is 1. The van der Waals surface area contributed by atoms with Crippen molar-refractivity contribution in [3.05, 3.63) is 42.0 Å². The lowest BCUT2D eigenvalue weighted by molar-refractivity contribution is -0.139. The SMILES string of the molecule is CSCCC(NC(=O)c1ccccc1OCC/C=C/CCS)C(=O)O. The number of benzene rings is 1. The molecule has 138 valence electrons. The number of para-hydroxylation sites is 1. The minimum absolute atomic E-state index is 0.345. The monoisotopic (exact) mass is 383 g/mol. The van der Waals surface area contributed by atoms with Gasteiger partial charge in [-0.3, -0.25) is 4.79 Å². The Morgan fingerprint density at radius 3 is 2.72 bits per heavy atom. The van der Waals surface area contributed by atoms with Crippen molar-refractivity contribution in [3.8, 4) is 5.75 Å². The zero-order chi connectivity index (χ0) is 18.5. The Balaban J connectivity index is 2.67. The molecule has 1 rings (SSSR count).